The number of benzene rings is 2. The van der Waals surface area contributed by atoms with E-state index >= 15 is 0 Å². The molecule has 1 aliphatic carbocycles. The Morgan fingerprint density at radius 1 is 1.17 bits per heavy atom. The smallest absolute Gasteiger partial charge is 0.372 e. The quantitative estimate of drug-likeness (QED) is 0.455. The van der Waals surface area contributed by atoms with E-state index in [1.54, 1.807) is 18.5 Å². The van der Waals surface area contributed by atoms with Crippen molar-refractivity contribution in [3.8, 4) is 6.07 Å². The van der Waals surface area contributed by atoms with Gasteiger partial charge < -0.3 is 19.5 Å². The zero-order chi connectivity index (χ0) is 29.9. The lowest BCUT2D eigenvalue weighted by Crippen LogP contribution is -2.49. The van der Waals surface area contributed by atoms with Gasteiger partial charge in [-0.25, -0.2) is 0 Å². The highest BCUT2D eigenvalue weighted by molar-refractivity contribution is 6.10. The predicted octanol–water partition coefficient (Wildman–Crippen LogP) is 4.72. The lowest BCUT2D eigenvalue weighted by molar-refractivity contribution is -0.138. The van der Waals surface area contributed by atoms with Crippen LogP contribution in [0.5, 0.6) is 0 Å². The molecule has 6 rings (SSSR count). The van der Waals surface area contributed by atoms with Crippen LogP contribution in [-0.2, 0) is 42.8 Å². The van der Waals surface area contributed by atoms with E-state index in [2.05, 4.69) is 21.6 Å². The van der Waals surface area contributed by atoms with Crippen molar-refractivity contribution in [3.63, 3.8) is 0 Å². The third-order valence-corrected chi connectivity index (χ3v) is 9.01. The van der Waals surface area contributed by atoms with Crippen molar-refractivity contribution < 1.29 is 22.7 Å². The normalized spacial score (nSPS) is 27.5. The summed E-state index contributed by atoms with van der Waals surface area (Å²) >= 11 is 0. The highest BCUT2D eigenvalue weighted by atomic mass is 19.4. The molecule has 8 nitrogen and oxygen atoms in total. The maximum absolute atomic E-state index is 14.3. The zero-order valence-electron chi connectivity index (χ0n) is 23.9. The number of amides is 1. The Morgan fingerprint density at radius 3 is 2.60 bits per heavy atom. The van der Waals surface area contributed by atoms with Gasteiger partial charge in [-0.2, -0.15) is 18.4 Å². The molecule has 220 valence electrons. The van der Waals surface area contributed by atoms with Crippen LogP contribution in [-0.4, -0.2) is 46.0 Å². The van der Waals surface area contributed by atoms with E-state index in [9.17, 15) is 23.2 Å². The first kappa shape index (κ1) is 28.4. The summed E-state index contributed by atoms with van der Waals surface area (Å²) in [6.45, 7) is 5.30. The highest BCUT2D eigenvalue weighted by Gasteiger charge is 2.54. The summed E-state index contributed by atoms with van der Waals surface area (Å²) in [5, 5.41) is 21.2. The van der Waals surface area contributed by atoms with E-state index in [1.807, 2.05) is 43.7 Å². The number of hydrogen-bond acceptors (Lipinski definition) is 6. The Kier molecular flexibility index (Phi) is 6.70. The number of morpholine rings is 1. The van der Waals surface area contributed by atoms with Crippen LogP contribution in [0.1, 0.15) is 65.1 Å². The van der Waals surface area contributed by atoms with Crippen LogP contribution in [0.15, 0.2) is 42.7 Å². The number of aromatic nitrogens is 3. The van der Waals surface area contributed by atoms with Crippen LogP contribution in [0.2, 0.25) is 0 Å². The van der Waals surface area contributed by atoms with E-state index in [4.69, 9.17) is 4.74 Å². The lowest BCUT2D eigenvalue weighted by atomic mass is 9.50. The minimum absolute atomic E-state index is 0.0102. The molecule has 3 aromatic rings. The fraction of sp³-hybridized carbons (Fsp3) is 0.484. The number of halogens is 3. The number of anilines is 1. The number of ether oxygens (including phenoxy) is 1. The van der Waals surface area contributed by atoms with E-state index in [0.717, 1.165) is 11.4 Å². The third-order valence-electron chi connectivity index (χ3n) is 9.01. The molecule has 0 radical (unpaired) electrons. The SMILES string of the molecule is Cn1cnnc1CC1(c2cccc(N3Cc4c(cc(CC5(C)CNCCO5)cc4C(F)(F)F)C3=O)c2)CC(C)(C#N)C1. The molecule has 1 N–H and O–H groups in total. The molecule has 2 aromatic carbocycles. The number of rotatable bonds is 6. The number of nitriles is 1. The van der Waals surface area contributed by atoms with Gasteiger partial charge in [-0.05, 0) is 67.6 Å². The summed E-state index contributed by atoms with van der Waals surface area (Å²) in [6, 6.07) is 12.6. The third kappa shape index (κ3) is 4.96. The summed E-state index contributed by atoms with van der Waals surface area (Å²) in [5.41, 5.74) is -0.422. The topological polar surface area (TPSA) is 96.1 Å². The fourth-order valence-electron chi connectivity index (χ4n) is 7.08. The Bertz CT molecular complexity index is 1580. The molecule has 0 spiro atoms. The maximum atomic E-state index is 14.3. The summed E-state index contributed by atoms with van der Waals surface area (Å²) in [7, 11) is 1.87. The zero-order valence-corrected chi connectivity index (χ0v) is 23.9. The largest absolute Gasteiger partial charge is 0.416 e. The predicted molar refractivity (Wildman–Crippen MR) is 149 cm³/mol. The molecule has 1 unspecified atom stereocenters. The second kappa shape index (κ2) is 9.92. The first-order valence-electron chi connectivity index (χ1n) is 14.1. The molecule has 42 heavy (non-hydrogen) atoms. The van der Waals surface area contributed by atoms with Crippen LogP contribution in [0.25, 0.3) is 0 Å². The summed E-state index contributed by atoms with van der Waals surface area (Å²) in [6.07, 6.45) is -0.988. The van der Waals surface area contributed by atoms with Crippen LogP contribution in [0, 0.1) is 16.7 Å². The van der Waals surface area contributed by atoms with Gasteiger partial charge in [-0.15, -0.1) is 10.2 Å². The average molecular weight is 579 g/mol. The first-order chi connectivity index (χ1) is 19.8. The summed E-state index contributed by atoms with van der Waals surface area (Å²) in [4.78, 5) is 15.2. The van der Waals surface area contributed by atoms with Crippen LogP contribution in [0.4, 0.5) is 18.9 Å². The van der Waals surface area contributed by atoms with Crippen LogP contribution >= 0.6 is 0 Å². The number of aryl methyl sites for hydroxylation is 1. The number of nitrogens with one attached hydrogen (secondary N) is 1. The molecule has 1 saturated heterocycles. The molecule has 2 aliphatic heterocycles. The van der Waals surface area contributed by atoms with Gasteiger partial charge in [0.15, 0.2) is 0 Å². The molecule has 1 atom stereocenters. The summed E-state index contributed by atoms with van der Waals surface area (Å²) in [5.74, 6) is 0.318. The molecule has 0 bridgehead atoms. The molecule has 3 aliphatic rings. The van der Waals surface area contributed by atoms with Crippen molar-refractivity contribution in [3.05, 3.63) is 76.4 Å². The number of carbonyl (C=O) groups excluding carboxylic acids is 1. The summed E-state index contributed by atoms with van der Waals surface area (Å²) < 4.78 is 50.7. The van der Waals surface area contributed by atoms with E-state index in [1.165, 1.54) is 11.0 Å². The second-order valence-electron chi connectivity index (χ2n) is 12.6. The maximum Gasteiger partial charge on any atom is 0.416 e. The van der Waals surface area contributed by atoms with Gasteiger partial charge in [0.25, 0.3) is 5.91 Å². The average Bonchev–Trinajstić information content (AvgIpc) is 3.48. The molecular formula is C31H33F3N6O2. The lowest BCUT2D eigenvalue weighted by Gasteiger charge is -2.51. The molecule has 1 aromatic heterocycles. The molecule has 11 heteroatoms. The van der Waals surface area contributed by atoms with Gasteiger partial charge in [-0.1, -0.05) is 12.1 Å². The molecule has 1 saturated carbocycles. The number of carbonyl (C=O) groups is 1. The second-order valence-corrected chi connectivity index (χ2v) is 12.6. The minimum Gasteiger partial charge on any atom is -0.372 e. The minimum atomic E-state index is -4.61. The molecule has 2 fully saturated rings. The number of nitrogens with zero attached hydrogens (tertiary/aromatic N) is 5. The van der Waals surface area contributed by atoms with Crippen molar-refractivity contribution in [1.82, 2.24) is 20.1 Å². The van der Waals surface area contributed by atoms with E-state index in [-0.39, 0.29) is 24.1 Å². The van der Waals surface area contributed by atoms with Gasteiger partial charge in [0.1, 0.15) is 12.2 Å². The fourth-order valence-corrected chi connectivity index (χ4v) is 7.08. The van der Waals surface area contributed by atoms with Crippen LogP contribution in [0.3, 0.4) is 0 Å². The Hall–Kier alpha value is -3.75. The van der Waals surface area contributed by atoms with Gasteiger partial charge in [0, 0.05) is 49.6 Å². The van der Waals surface area contributed by atoms with E-state index in [0.29, 0.717) is 50.2 Å². The van der Waals surface area contributed by atoms with Crippen molar-refractivity contribution in [2.45, 2.75) is 63.3 Å². The molecular weight excluding hydrogens is 545 g/mol. The number of hydrogen-bond donors (Lipinski definition) is 1. The molecule has 1 amide bonds. The molecule has 3 heterocycles. The van der Waals surface area contributed by atoms with Crippen molar-refractivity contribution >= 4 is 11.6 Å². The Morgan fingerprint density at radius 2 is 1.95 bits per heavy atom. The Balaban J connectivity index is 1.34. The van der Waals surface area contributed by atoms with Gasteiger partial charge >= 0.3 is 6.18 Å². The highest BCUT2D eigenvalue weighted by Crippen LogP contribution is 2.57. The number of alkyl halides is 3. The van der Waals surface area contributed by atoms with Crippen molar-refractivity contribution in [2.24, 2.45) is 12.5 Å². The van der Waals surface area contributed by atoms with E-state index < -0.39 is 34.1 Å². The number of fused-ring (bicyclic) bond motifs is 1. The van der Waals surface area contributed by atoms with Gasteiger partial charge in [-0.3, -0.25) is 4.79 Å². The van der Waals surface area contributed by atoms with Crippen LogP contribution < -0.4 is 10.2 Å². The Labute approximate surface area is 242 Å². The van der Waals surface area contributed by atoms with Crippen molar-refractivity contribution in [1.29, 1.82) is 5.26 Å². The van der Waals surface area contributed by atoms with Gasteiger partial charge in [0.2, 0.25) is 0 Å². The van der Waals surface area contributed by atoms with Crippen molar-refractivity contribution in [2.75, 3.05) is 24.6 Å². The first-order valence-corrected chi connectivity index (χ1v) is 14.1. The van der Waals surface area contributed by atoms with Gasteiger partial charge in [0.05, 0.1) is 35.8 Å². The standard InChI is InChI=1S/C31H33F3N6O2/c1-28(17-35)15-30(16-28,13-26-38-37-19-39(26)3)21-5-4-6-22(11-21)40-14-24-23(27(40)41)9-20(10-25(24)31(32,33)34)12-29(2)18-36-7-8-42-29/h4-6,9-11,19,36H,7-8,12-16,18H2,1-3H3. The monoisotopic (exact) mass is 578 g/mol.